The van der Waals surface area contributed by atoms with Crippen molar-refractivity contribution in [2.45, 2.75) is 12.6 Å². The maximum atomic E-state index is 12.0. The summed E-state index contributed by atoms with van der Waals surface area (Å²) < 4.78 is 45.3. The molecule has 0 amide bonds. The van der Waals surface area contributed by atoms with Crippen LogP contribution >= 0.6 is 0 Å². The van der Waals surface area contributed by atoms with Crippen LogP contribution < -0.4 is 10.1 Å². The molecular formula is C11H13F3N2O3. The third kappa shape index (κ3) is 4.65. The number of carbonyl (C=O) groups is 1. The number of hydrogen-bond donors (Lipinski definition) is 1. The lowest BCUT2D eigenvalue weighted by Crippen LogP contribution is -2.15. The number of nitrogens with zero attached hydrogens (tertiary/aromatic N) is 1. The van der Waals surface area contributed by atoms with E-state index in [1.807, 2.05) is 0 Å². The highest BCUT2D eigenvalue weighted by molar-refractivity contribution is 5.92. The zero-order valence-corrected chi connectivity index (χ0v) is 10.4. The molecule has 1 heterocycles. The molecule has 0 atom stereocenters. The number of alkyl halides is 3. The van der Waals surface area contributed by atoms with Crippen LogP contribution in [0.5, 0.6) is 5.88 Å². The van der Waals surface area contributed by atoms with E-state index in [0.29, 0.717) is 0 Å². The predicted molar refractivity (Wildman–Crippen MR) is 61.3 cm³/mol. The van der Waals surface area contributed by atoms with Gasteiger partial charge in [0.1, 0.15) is 11.4 Å². The Hall–Kier alpha value is -1.99. The van der Waals surface area contributed by atoms with Crippen LogP contribution in [0.15, 0.2) is 12.1 Å². The number of pyridine rings is 1. The van der Waals surface area contributed by atoms with Gasteiger partial charge in [-0.2, -0.15) is 18.2 Å². The Morgan fingerprint density at radius 1 is 1.37 bits per heavy atom. The lowest BCUT2D eigenvalue weighted by atomic mass is 10.2. The van der Waals surface area contributed by atoms with E-state index in [4.69, 9.17) is 4.74 Å². The first-order valence-corrected chi connectivity index (χ1v) is 5.31. The van der Waals surface area contributed by atoms with E-state index in [0.717, 1.165) is 0 Å². The van der Waals surface area contributed by atoms with Crippen molar-refractivity contribution in [3.05, 3.63) is 17.7 Å². The fourth-order valence-corrected chi connectivity index (χ4v) is 1.29. The molecule has 0 spiro atoms. The molecule has 1 aromatic heterocycles. The molecule has 0 unspecified atom stereocenters. The van der Waals surface area contributed by atoms with Gasteiger partial charge in [0, 0.05) is 6.54 Å². The van der Waals surface area contributed by atoms with Gasteiger partial charge in [-0.15, -0.1) is 0 Å². The van der Waals surface area contributed by atoms with Gasteiger partial charge in [-0.3, -0.25) is 0 Å². The topological polar surface area (TPSA) is 60.5 Å². The molecule has 0 aliphatic rings. The Morgan fingerprint density at radius 2 is 2.05 bits per heavy atom. The molecule has 106 valence electrons. The highest BCUT2D eigenvalue weighted by Crippen LogP contribution is 2.21. The smallest absolute Gasteiger partial charge is 0.390 e. The molecule has 5 nitrogen and oxygen atoms in total. The average molecular weight is 278 g/mol. The molecule has 8 heteroatoms. The fourth-order valence-electron chi connectivity index (χ4n) is 1.29. The van der Waals surface area contributed by atoms with Crippen molar-refractivity contribution in [1.82, 2.24) is 4.98 Å². The second-order valence-electron chi connectivity index (χ2n) is 3.54. The maximum Gasteiger partial charge on any atom is 0.390 e. The van der Waals surface area contributed by atoms with Crippen LogP contribution in [-0.4, -0.2) is 37.9 Å². The standard InChI is InChI=1S/C11H13F3N2O3/c1-18-9-7(10(17)19-2)3-4-8(16-9)15-6-5-11(12,13)14/h3-4H,5-6H2,1-2H3,(H,15,16). The van der Waals surface area contributed by atoms with E-state index in [1.165, 1.54) is 26.4 Å². The van der Waals surface area contributed by atoms with Crippen LogP contribution in [0.25, 0.3) is 0 Å². The molecule has 0 aliphatic heterocycles. The van der Waals surface area contributed by atoms with E-state index >= 15 is 0 Å². The molecular weight excluding hydrogens is 265 g/mol. The Balaban J connectivity index is 2.74. The molecule has 0 aliphatic carbocycles. The minimum absolute atomic E-state index is 0.0103. The Bertz CT molecular complexity index is 449. The molecule has 0 saturated heterocycles. The number of aromatic nitrogens is 1. The second kappa shape index (κ2) is 6.26. The summed E-state index contributed by atoms with van der Waals surface area (Å²) in [7, 11) is 2.51. The van der Waals surface area contributed by atoms with Gasteiger partial charge in [-0.1, -0.05) is 0 Å². The fraction of sp³-hybridized carbons (Fsp3) is 0.455. The highest BCUT2D eigenvalue weighted by Gasteiger charge is 2.26. The number of methoxy groups -OCH3 is 2. The largest absolute Gasteiger partial charge is 0.480 e. The molecule has 0 saturated carbocycles. The SMILES string of the molecule is COC(=O)c1ccc(NCCC(F)(F)F)nc1OC. The summed E-state index contributed by atoms with van der Waals surface area (Å²) in [5.74, 6) is -0.455. The molecule has 1 N–H and O–H groups in total. The van der Waals surface area contributed by atoms with E-state index in [9.17, 15) is 18.0 Å². The molecule has 0 aromatic carbocycles. The quantitative estimate of drug-likeness (QED) is 0.837. The van der Waals surface area contributed by atoms with E-state index < -0.39 is 18.6 Å². The van der Waals surface area contributed by atoms with Gasteiger partial charge in [0.05, 0.1) is 20.6 Å². The molecule has 19 heavy (non-hydrogen) atoms. The Morgan fingerprint density at radius 3 is 2.58 bits per heavy atom. The number of halogens is 3. The summed E-state index contributed by atoms with van der Waals surface area (Å²) in [4.78, 5) is 15.2. The van der Waals surface area contributed by atoms with E-state index in [-0.39, 0.29) is 23.8 Å². The van der Waals surface area contributed by atoms with Crippen LogP contribution in [-0.2, 0) is 4.74 Å². The Kier molecular flexibility index (Phi) is 4.96. The van der Waals surface area contributed by atoms with E-state index in [1.54, 1.807) is 0 Å². The summed E-state index contributed by atoms with van der Waals surface area (Å²) in [6.45, 7) is -0.308. The number of hydrogen-bond acceptors (Lipinski definition) is 5. The van der Waals surface area contributed by atoms with Gasteiger partial charge in [0.15, 0.2) is 0 Å². The van der Waals surface area contributed by atoms with Crippen LogP contribution in [0.4, 0.5) is 19.0 Å². The molecule has 0 bridgehead atoms. The zero-order valence-electron chi connectivity index (χ0n) is 10.4. The molecule has 1 rings (SSSR count). The number of rotatable bonds is 5. The Labute approximate surface area is 107 Å². The van der Waals surface area contributed by atoms with Crippen molar-refractivity contribution >= 4 is 11.8 Å². The summed E-state index contributed by atoms with van der Waals surface area (Å²) in [6.07, 6.45) is -5.21. The third-order valence-corrected chi connectivity index (χ3v) is 2.17. The average Bonchev–Trinajstić information content (AvgIpc) is 2.36. The van der Waals surface area contributed by atoms with Crippen molar-refractivity contribution in [3.63, 3.8) is 0 Å². The second-order valence-corrected chi connectivity index (χ2v) is 3.54. The van der Waals surface area contributed by atoms with Crippen molar-refractivity contribution in [1.29, 1.82) is 0 Å². The van der Waals surface area contributed by atoms with Gasteiger partial charge in [-0.05, 0) is 12.1 Å². The number of anilines is 1. The van der Waals surface area contributed by atoms with Gasteiger partial charge >= 0.3 is 12.1 Å². The number of carbonyl (C=O) groups excluding carboxylic acids is 1. The first-order valence-electron chi connectivity index (χ1n) is 5.31. The normalized spacial score (nSPS) is 11.0. The molecule has 1 aromatic rings. The lowest BCUT2D eigenvalue weighted by molar-refractivity contribution is -0.131. The van der Waals surface area contributed by atoms with Crippen LogP contribution in [0.2, 0.25) is 0 Å². The molecule has 0 radical (unpaired) electrons. The van der Waals surface area contributed by atoms with Crippen LogP contribution in [0, 0.1) is 0 Å². The number of ether oxygens (including phenoxy) is 2. The van der Waals surface area contributed by atoms with E-state index in [2.05, 4.69) is 15.0 Å². The summed E-state index contributed by atoms with van der Waals surface area (Å²) in [6, 6.07) is 2.75. The van der Waals surface area contributed by atoms with Gasteiger partial charge in [0.25, 0.3) is 0 Å². The highest BCUT2D eigenvalue weighted by atomic mass is 19.4. The van der Waals surface area contributed by atoms with Crippen molar-refractivity contribution in [2.75, 3.05) is 26.1 Å². The minimum atomic E-state index is -4.23. The monoisotopic (exact) mass is 278 g/mol. The number of esters is 1. The minimum Gasteiger partial charge on any atom is -0.480 e. The lowest BCUT2D eigenvalue weighted by Gasteiger charge is -2.10. The maximum absolute atomic E-state index is 12.0. The zero-order chi connectivity index (χ0) is 14.5. The van der Waals surface area contributed by atoms with Gasteiger partial charge in [0.2, 0.25) is 5.88 Å². The third-order valence-electron chi connectivity index (χ3n) is 2.17. The summed E-state index contributed by atoms with van der Waals surface area (Å²) in [5, 5.41) is 2.50. The molecule has 0 fully saturated rings. The van der Waals surface area contributed by atoms with Gasteiger partial charge < -0.3 is 14.8 Å². The van der Waals surface area contributed by atoms with Crippen LogP contribution in [0.3, 0.4) is 0 Å². The number of nitrogens with one attached hydrogen (secondary N) is 1. The van der Waals surface area contributed by atoms with Gasteiger partial charge in [-0.25, -0.2) is 4.79 Å². The first-order chi connectivity index (χ1) is 8.87. The van der Waals surface area contributed by atoms with Crippen molar-refractivity contribution in [2.24, 2.45) is 0 Å². The predicted octanol–water partition coefficient (Wildman–Crippen LogP) is 2.24. The first kappa shape index (κ1) is 15.1. The van der Waals surface area contributed by atoms with Crippen molar-refractivity contribution in [3.8, 4) is 5.88 Å². The van der Waals surface area contributed by atoms with Crippen molar-refractivity contribution < 1.29 is 27.4 Å². The summed E-state index contributed by atoms with van der Waals surface area (Å²) >= 11 is 0. The summed E-state index contributed by atoms with van der Waals surface area (Å²) in [5.41, 5.74) is 0.103. The van der Waals surface area contributed by atoms with Crippen LogP contribution in [0.1, 0.15) is 16.8 Å².